The highest BCUT2D eigenvalue weighted by Crippen LogP contribution is 2.44. The Hall–Kier alpha value is -2.28. The van der Waals surface area contributed by atoms with Crippen molar-refractivity contribution in [2.45, 2.75) is 66.8 Å². The van der Waals surface area contributed by atoms with Crippen LogP contribution < -0.4 is 0 Å². The fraction of sp³-hybridized carbons (Fsp3) is 0.545. The van der Waals surface area contributed by atoms with E-state index in [1.54, 1.807) is 0 Å². The Morgan fingerprint density at radius 2 is 2.07 bits per heavy atom. The first-order valence-electron chi connectivity index (χ1n) is 10.5. The molecule has 29 heavy (non-hydrogen) atoms. The maximum Gasteiger partial charge on any atom is 0.173 e. The minimum absolute atomic E-state index is 0.387. The Kier molecular flexibility index (Phi) is 4.28. The van der Waals surface area contributed by atoms with Crippen molar-refractivity contribution >= 4 is 27.2 Å². The Balaban J connectivity index is 1.56. The van der Waals surface area contributed by atoms with Crippen LogP contribution in [-0.4, -0.2) is 29.4 Å². The molecule has 0 aromatic carbocycles. The van der Waals surface area contributed by atoms with Gasteiger partial charge in [0.1, 0.15) is 17.7 Å². The van der Waals surface area contributed by atoms with Crippen molar-refractivity contribution in [1.82, 2.24) is 29.4 Å². The Bertz CT molecular complexity index is 1210. The van der Waals surface area contributed by atoms with E-state index in [0.29, 0.717) is 12.0 Å². The van der Waals surface area contributed by atoms with Gasteiger partial charge in [-0.2, -0.15) is 5.10 Å². The van der Waals surface area contributed by atoms with E-state index >= 15 is 0 Å². The second-order valence-corrected chi connectivity index (χ2v) is 10.2. The molecule has 4 aromatic rings. The van der Waals surface area contributed by atoms with E-state index in [-0.39, 0.29) is 0 Å². The van der Waals surface area contributed by atoms with Crippen molar-refractivity contribution < 1.29 is 0 Å². The summed E-state index contributed by atoms with van der Waals surface area (Å²) in [5.74, 6) is 1.52. The van der Waals surface area contributed by atoms with Gasteiger partial charge in [0, 0.05) is 10.6 Å². The third-order valence-corrected chi connectivity index (χ3v) is 8.00. The number of aromatic nitrogens is 6. The number of fused-ring (bicyclic) bond motifs is 5. The van der Waals surface area contributed by atoms with Gasteiger partial charge < -0.3 is 0 Å². The zero-order chi connectivity index (χ0) is 20.3. The van der Waals surface area contributed by atoms with Crippen LogP contribution in [0.5, 0.6) is 0 Å². The van der Waals surface area contributed by atoms with E-state index in [1.807, 2.05) is 33.8 Å². The third kappa shape index (κ3) is 3.06. The van der Waals surface area contributed by atoms with Gasteiger partial charge in [-0.3, -0.25) is 4.68 Å². The summed E-state index contributed by atoms with van der Waals surface area (Å²) in [6.45, 7) is 11.8. The lowest BCUT2D eigenvalue weighted by Crippen LogP contribution is -2.28. The zero-order valence-corrected chi connectivity index (χ0v) is 18.7. The number of hydrogen-bond acceptors (Lipinski definition) is 5. The van der Waals surface area contributed by atoms with Crippen LogP contribution >= 0.6 is 11.3 Å². The van der Waals surface area contributed by atoms with Crippen LogP contribution in [0, 0.1) is 25.2 Å². The fourth-order valence-corrected chi connectivity index (χ4v) is 5.87. The first-order valence-corrected chi connectivity index (χ1v) is 11.3. The molecular formula is C22H28N6S. The molecule has 0 saturated carbocycles. The van der Waals surface area contributed by atoms with Crippen molar-refractivity contribution in [2.24, 2.45) is 11.3 Å². The van der Waals surface area contributed by atoms with Crippen LogP contribution in [0.4, 0.5) is 0 Å². The molecule has 0 fully saturated rings. The molecule has 1 aliphatic rings. The molecule has 0 unspecified atom stereocenters. The third-order valence-electron chi connectivity index (χ3n) is 6.84. The van der Waals surface area contributed by atoms with Gasteiger partial charge in [-0.25, -0.2) is 14.5 Å². The number of aryl methyl sites for hydroxylation is 3. The molecule has 4 aromatic heterocycles. The summed E-state index contributed by atoms with van der Waals surface area (Å²) in [5, 5.41) is 10.5. The van der Waals surface area contributed by atoms with E-state index in [2.05, 4.69) is 38.9 Å². The van der Waals surface area contributed by atoms with Crippen LogP contribution in [0.2, 0.25) is 0 Å². The predicted molar refractivity (Wildman–Crippen MR) is 117 cm³/mol. The summed E-state index contributed by atoms with van der Waals surface area (Å²) in [6, 6.07) is 2.08. The lowest BCUT2D eigenvalue weighted by atomic mass is 9.70. The second kappa shape index (κ2) is 6.62. The number of thiophene rings is 1. The van der Waals surface area contributed by atoms with E-state index in [1.165, 1.54) is 28.7 Å². The molecule has 0 aliphatic heterocycles. The second-order valence-electron chi connectivity index (χ2n) is 9.09. The molecule has 1 aliphatic carbocycles. The number of nitrogens with zero attached hydrogens (tertiary/aromatic N) is 6. The summed E-state index contributed by atoms with van der Waals surface area (Å²) in [6.07, 6.45) is 6.55. The highest BCUT2D eigenvalue weighted by Gasteiger charge is 2.33. The zero-order valence-electron chi connectivity index (χ0n) is 17.9. The van der Waals surface area contributed by atoms with Crippen molar-refractivity contribution in [3.8, 4) is 0 Å². The lowest BCUT2D eigenvalue weighted by molar-refractivity contribution is 0.184. The lowest BCUT2D eigenvalue weighted by Gasteiger charge is -2.36. The van der Waals surface area contributed by atoms with Gasteiger partial charge in [0.2, 0.25) is 0 Å². The molecule has 4 heterocycles. The monoisotopic (exact) mass is 408 g/mol. The molecular weight excluding hydrogens is 380 g/mol. The van der Waals surface area contributed by atoms with E-state index in [4.69, 9.17) is 15.1 Å². The Morgan fingerprint density at radius 3 is 2.79 bits per heavy atom. The summed E-state index contributed by atoms with van der Waals surface area (Å²) in [5.41, 5.74) is 4.93. The highest BCUT2D eigenvalue weighted by molar-refractivity contribution is 7.19. The maximum atomic E-state index is 4.91. The smallest absolute Gasteiger partial charge is 0.173 e. The quantitative estimate of drug-likeness (QED) is 0.489. The summed E-state index contributed by atoms with van der Waals surface area (Å²) in [4.78, 5) is 12.2. The largest absolute Gasteiger partial charge is 0.262 e. The van der Waals surface area contributed by atoms with Gasteiger partial charge in [-0.05, 0) is 56.1 Å². The molecule has 5 rings (SSSR count). The molecule has 6 nitrogen and oxygen atoms in total. The van der Waals surface area contributed by atoms with Crippen LogP contribution in [0.25, 0.3) is 15.9 Å². The van der Waals surface area contributed by atoms with Gasteiger partial charge >= 0.3 is 0 Å². The minimum atomic E-state index is 0.387. The van der Waals surface area contributed by atoms with Crippen molar-refractivity contribution in [3.05, 3.63) is 40.0 Å². The Morgan fingerprint density at radius 1 is 1.24 bits per heavy atom. The topological polar surface area (TPSA) is 60.9 Å². The van der Waals surface area contributed by atoms with Gasteiger partial charge in [-0.1, -0.05) is 27.2 Å². The summed E-state index contributed by atoms with van der Waals surface area (Å²) < 4.78 is 3.81. The SMILES string of the molecule is CCC(C)(C)[C@H]1CCc2c(sc3ncn4nc(Cn5nc(C)cc5C)nc4c23)C1. The van der Waals surface area contributed by atoms with Gasteiger partial charge in [0.05, 0.1) is 11.1 Å². The van der Waals surface area contributed by atoms with Crippen LogP contribution in [0.15, 0.2) is 12.4 Å². The summed E-state index contributed by atoms with van der Waals surface area (Å²) >= 11 is 1.85. The standard InChI is InChI=1S/C22H28N6S/c1-6-22(4,5)15-7-8-16-17(10-15)29-21-19(16)20-24-18(26-28(20)12-23-21)11-27-14(3)9-13(2)25-27/h9,12,15H,6-8,10-11H2,1-5H3/t15-/m0/s1. The summed E-state index contributed by atoms with van der Waals surface area (Å²) in [7, 11) is 0. The molecule has 0 saturated heterocycles. The molecule has 152 valence electrons. The first-order chi connectivity index (χ1) is 13.9. The van der Waals surface area contributed by atoms with E-state index in [9.17, 15) is 0 Å². The average molecular weight is 409 g/mol. The van der Waals surface area contributed by atoms with Crippen molar-refractivity contribution in [3.63, 3.8) is 0 Å². The molecule has 0 spiro atoms. The van der Waals surface area contributed by atoms with Crippen LogP contribution in [0.1, 0.15) is 61.3 Å². The van der Waals surface area contributed by atoms with Gasteiger partial charge in [0.25, 0.3) is 0 Å². The Labute approximate surface area is 175 Å². The van der Waals surface area contributed by atoms with Crippen molar-refractivity contribution in [2.75, 3.05) is 0 Å². The van der Waals surface area contributed by atoms with Gasteiger partial charge in [0.15, 0.2) is 11.5 Å². The predicted octanol–water partition coefficient (Wildman–Crippen LogP) is 4.74. The molecule has 0 amide bonds. The molecule has 7 heteroatoms. The fourth-order valence-electron chi connectivity index (χ4n) is 4.61. The number of hydrogen-bond donors (Lipinski definition) is 0. The molecule has 0 bridgehead atoms. The average Bonchev–Trinajstić information content (AvgIpc) is 3.35. The molecule has 1 atom stereocenters. The highest BCUT2D eigenvalue weighted by atomic mass is 32.1. The van der Waals surface area contributed by atoms with Gasteiger partial charge in [-0.15, -0.1) is 16.4 Å². The minimum Gasteiger partial charge on any atom is -0.262 e. The molecule has 0 N–H and O–H groups in total. The van der Waals surface area contributed by atoms with Crippen molar-refractivity contribution in [1.29, 1.82) is 0 Å². The van der Waals surface area contributed by atoms with Crippen LogP contribution in [0.3, 0.4) is 0 Å². The van der Waals surface area contributed by atoms with E-state index < -0.39 is 0 Å². The van der Waals surface area contributed by atoms with E-state index in [0.717, 1.165) is 46.4 Å². The first kappa shape index (κ1) is 18.7. The van der Waals surface area contributed by atoms with Crippen LogP contribution in [-0.2, 0) is 19.4 Å². The molecule has 0 radical (unpaired) electrons. The number of rotatable bonds is 4. The maximum absolute atomic E-state index is 4.91. The normalized spacial score (nSPS) is 17.3.